The van der Waals surface area contributed by atoms with E-state index in [1.807, 2.05) is 6.07 Å². The second-order valence-electron chi connectivity index (χ2n) is 5.80. The zero-order chi connectivity index (χ0) is 14.7. The summed E-state index contributed by atoms with van der Waals surface area (Å²) in [6.07, 6.45) is 3.79. The Morgan fingerprint density at radius 2 is 2.14 bits per heavy atom. The highest BCUT2D eigenvalue weighted by atomic mass is 16.5. The Labute approximate surface area is 124 Å². The summed E-state index contributed by atoms with van der Waals surface area (Å²) in [4.78, 5) is 0. The summed E-state index contributed by atoms with van der Waals surface area (Å²) in [7, 11) is 0. The summed E-state index contributed by atoms with van der Waals surface area (Å²) in [5.41, 5.74) is 2.57. The SMILES string of the molecule is CC(C)CNCc1cccc2c1ccn2Cc1ccno1. The standard InChI is InChI=1S/C17H21N3O/c1-13(2)10-18-11-14-4-3-5-17-16(14)7-9-20(17)12-15-6-8-19-21-15/h3-9,13,18H,10-12H2,1-2H3. The summed E-state index contributed by atoms with van der Waals surface area (Å²) in [6.45, 7) is 7.10. The molecular formula is C17H21N3O. The number of hydrogen-bond donors (Lipinski definition) is 1. The van der Waals surface area contributed by atoms with Crippen LogP contribution in [0, 0.1) is 5.92 Å². The van der Waals surface area contributed by atoms with Gasteiger partial charge < -0.3 is 14.4 Å². The largest absolute Gasteiger partial charge is 0.359 e. The molecule has 2 heterocycles. The molecule has 2 aromatic heterocycles. The monoisotopic (exact) mass is 283 g/mol. The van der Waals surface area contributed by atoms with Crippen molar-refractivity contribution in [1.82, 2.24) is 15.0 Å². The van der Waals surface area contributed by atoms with Crippen molar-refractivity contribution in [1.29, 1.82) is 0 Å². The van der Waals surface area contributed by atoms with Gasteiger partial charge in [0.15, 0.2) is 5.76 Å². The van der Waals surface area contributed by atoms with Gasteiger partial charge in [0.1, 0.15) is 0 Å². The molecule has 0 radical (unpaired) electrons. The minimum atomic E-state index is 0.667. The molecule has 0 bridgehead atoms. The van der Waals surface area contributed by atoms with Crippen LogP contribution in [0.4, 0.5) is 0 Å². The Bertz CT molecular complexity index is 698. The lowest BCUT2D eigenvalue weighted by Gasteiger charge is -2.09. The third kappa shape index (κ3) is 3.16. The van der Waals surface area contributed by atoms with Crippen molar-refractivity contribution < 1.29 is 4.52 Å². The molecule has 0 aliphatic heterocycles. The molecule has 1 N–H and O–H groups in total. The lowest BCUT2D eigenvalue weighted by molar-refractivity contribution is 0.378. The summed E-state index contributed by atoms with van der Waals surface area (Å²) in [6, 6.07) is 10.5. The lowest BCUT2D eigenvalue weighted by atomic mass is 10.1. The maximum atomic E-state index is 5.19. The van der Waals surface area contributed by atoms with Crippen LogP contribution in [0.3, 0.4) is 0 Å². The topological polar surface area (TPSA) is 43.0 Å². The minimum absolute atomic E-state index is 0.667. The van der Waals surface area contributed by atoms with E-state index in [0.29, 0.717) is 12.5 Å². The van der Waals surface area contributed by atoms with E-state index >= 15 is 0 Å². The molecule has 0 saturated carbocycles. The minimum Gasteiger partial charge on any atom is -0.359 e. The molecule has 110 valence electrons. The van der Waals surface area contributed by atoms with Gasteiger partial charge in [-0.15, -0.1) is 0 Å². The molecule has 4 heteroatoms. The molecule has 3 aromatic rings. The van der Waals surface area contributed by atoms with Crippen molar-refractivity contribution in [3.8, 4) is 0 Å². The van der Waals surface area contributed by atoms with Crippen LogP contribution in [0.15, 0.2) is 47.2 Å². The van der Waals surface area contributed by atoms with Gasteiger partial charge in [0.25, 0.3) is 0 Å². The van der Waals surface area contributed by atoms with Crippen LogP contribution < -0.4 is 5.32 Å². The summed E-state index contributed by atoms with van der Waals surface area (Å²) >= 11 is 0. The highest BCUT2D eigenvalue weighted by Gasteiger charge is 2.07. The fraction of sp³-hybridized carbons (Fsp3) is 0.353. The van der Waals surface area contributed by atoms with E-state index < -0.39 is 0 Å². The molecule has 0 saturated heterocycles. The quantitative estimate of drug-likeness (QED) is 0.753. The van der Waals surface area contributed by atoms with E-state index in [2.05, 4.69) is 59.4 Å². The average Bonchev–Trinajstić information content (AvgIpc) is 3.10. The highest BCUT2D eigenvalue weighted by molar-refractivity contribution is 5.83. The molecule has 4 nitrogen and oxygen atoms in total. The Kier molecular flexibility index (Phi) is 4.06. The maximum Gasteiger partial charge on any atom is 0.156 e. The zero-order valence-electron chi connectivity index (χ0n) is 12.5. The summed E-state index contributed by atoms with van der Waals surface area (Å²) in [5.74, 6) is 1.54. The van der Waals surface area contributed by atoms with E-state index in [0.717, 1.165) is 18.8 Å². The van der Waals surface area contributed by atoms with Crippen molar-refractivity contribution >= 4 is 10.9 Å². The Balaban J connectivity index is 1.82. The van der Waals surface area contributed by atoms with Gasteiger partial charge in [-0.25, -0.2) is 0 Å². The van der Waals surface area contributed by atoms with Gasteiger partial charge in [0, 0.05) is 29.7 Å². The van der Waals surface area contributed by atoms with E-state index in [-0.39, 0.29) is 0 Å². The fourth-order valence-corrected chi connectivity index (χ4v) is 2.57. The molecular weight excluding hydrogens is 262 g/mol. The van der Waals surface area contributed by atoms with Gasteiger partial charge in [-0.2, -0.15) is 0 Å². The molecule has 0 atom stereocenters. The number of fused-ring (bicyclic) bond motifs is 1. The maximum absolute atomic E-state index is 5.19. The first-order chi connectivity index (χ1) is 10.2. The normalized spacial score (nSPS) is 11.6. The first-order valence-electron chi connectivity index (χ1n) is 7.41. The van der Waals surface area contributed by atoms with Gasteiger partial charge in [0.05, 0.1) is 12.7 Å². The Morgan fingerprint density at radius 1 is 1.24 bits per heavy atom. The van der Waals surface area contributed by atoms with Gasteiger partial charge in [-0.1, -0.05) is 31.1 Å². The van der Waals surface area contributed by atoms with Gasteiger partial charge >= 0.3 is 0 Å². The number of hydrogen-bond acceptors (Lipinski definition) is 3. The number of rotatable bonds is 6. The number of nitrogens with one attached hydrogen (secondary N) is 1. The predicted molar refractivity (Wildman–Crippen MR) is 84.1 cm³/mol. The third-order valence-electron chi connectivity index (χ3n) is 3.59. The van der Waals surface area contributed by atoms with Crippen molar-refractivity contribution in [3.05, 3.63) is 54.0 Å². The van der Waals surface area contributed by atoms with Crippen LogP contribution >= 0.6 is 0 Å². The smallest absolute Gasteiger partial charge is 0.156 e. The van der Waals surface area contributed by atoms with Crippen LogP contribution in [0.1, 0.15) is 25.2 Å². The van der Waals surface area contributed by atoms with Gasteiger partial charge in [-0.3, -0.25) is 0 Å². The first kappa shape index (κ1) is 13.9. The predicted octanol–water partition coefficient (Wildman–Crippen LogP) is 3.42. The van der Waals surface area contributed by atoms with Crippen LogP contribution in [0.5, 0.6) is 0 Å². The van der Waals surface area contributed by atoms with Crippen LogP contribution in [-0.4, -0.2) is 16.3 Å². The molecule has 0 aliphatic carbocycles. The fourth-order valence-electron chi connectivity index (χ4n) is 2.57. The molecule has 0 spiro atoms. The van der Waals surface area contributed by atoms with E-state index in [4.69, 9.17) is 4.52 Å². The molecule has 1 aromatic carbocycles. The second-order valence-corrected chi connectivity index (χ2v) is 5.80. The Hall–Kier alpha value is -2.07. The van der Waals surface area contributed by atoms with E-state index in [1.54, 1.807) is 6.20 Å². The van der Waals surface area contributed by atoms with Crippen molar-refractivity contribution in [2.24, 2.45) is 5.92 Å². The molecule has 3 rings (SSSR count). The third-order valence-corrected chi connectivity index (χ3v) is 3.59. The first-order valence-corrected chi connectivity index (χ1v) is 7.41. The zero-order valence-corrected chi connectivity index (χ0v) is 12.5. The summed E-state index contributed by atoms with van der Waals surface area (Å²) in [5, 5.41) is 8.57. The molecule has 0 aliphatic rings. The highest BCUT2D eigenvalue weighted by Crippen LogP contribution is 2.21. The average molecular weight is 283 g/mol. The van der Waals surface area contributed by atoms with Crippen molar-refractivity contribution in [3.63, 3.8) is 0 Å². The molecule has 0 fully saturated rings. The van der Waals surface area contributed by atoms with E-state index in [9.17, 15) is 0 Å². The second kappa shape index (κ2) is 6.14. The van der Waals surface area contributed by atoms with E-state index in [1.165, 1.54) is 16.5 Å². The molecule has 0 unspecified atom stereocenters. The molecule has 0 amide bonds. The molecule has 21 heavy (non-hydrogen) atoms. The van der Waals surface area contributed by atoms with Crippen molar-refractivity contribution in [2.45, 2.75) is 26.9 Å². The van der Waals surface area contributed by atoms with Crippen LogP contribution in [0.2, 0.25) is 0 Å². The number of aromatic nitrogens is 2. The van der Waals surface area contributed by atoms with Crippen molar-refractivity contribution in [2.75, 3.05) is 6.54 Å². The van der Waals surface area contributed by atoms with Gasteiger partial charge in [0.2, 0.25) is 0 Å². The van der Waals surface area contributed by atoms with Gasteiger partial charge in [-0.05, 0) is 30.2 Å². The number of benzene rings is 1. The van der Waals surface area contributed by atoms with Crippen LogP contribution in [0.25, 0.3) is 10.9 Å². The summed E-state index contributed by atoms with van der Waals surface area (Å²) < 4.78 is 7.39. The number of nitrogens with zero attached hydrogens (tertiary/aromatic N) is 2. The Morgan fingerprint density at radius 3 is 2.90 bits per heavy atom. The van der Waals surface area contributed by atoms with Crippen LogP contribution in [-0.2, 0) is 13.1 Å². The lowest BCUT2D eigenvalue weighted by Crippen LogP contribution is -2.19.